The van der Waals surface area contributed by atoms with E-state index < -0.39 is 5.97 Å². The molecule has 28 heavy (non-hydrogen) atoms. The second-order valence-electron chi connectivity index (χ2n) is 6.00. The molecule has 0 amide bonds. The van der Waals surface area contributed by atoms with Crippen molar-refractivity contribution in [2.75, 3.05) is 20.8 Å². The van der Waals surface area contributed by atoms with Crippen LogP contribution in [0.1, 0.15) is 32.1 Å². The molecular weight excluding hydrogens is 380 g/mol. The Labute approximate surface area is 166 Å². The van der Waals surface area contributed by atoms with Crippen LogP contribution < -0.4 is 9.47 Å². The SMILES string of the molecule is COc1ccc(C(=O)OCC(=O)c2cc(C)n(-c3nccs3)c2C)c(OC)c1. The molecule has 3 aromatic rings. The first kappa shape index (κ1) is 19.6. The highest BCUT2D eigenvalue weighted by Gasteiger charge is 2.21. The van der Waals surface area contributed by atoms with E-state index in [0.29, 0.717) is 17.1 Å². The van der Waals surface area contributed by atoms with E-state index in [2.05, 4.69) is 4.98 Å². The average Bonchev–Trinajstić information content (AvgIpc) is 3.32. The van der Waals surface area contributed by atoms with E-state index in [9.17, 15) is 9.59 Å². The highest BCUT2D eigenvalue weighted by atomic mass is 32.1. The maximum atomic E-state index is 12.6. The number of hydrogen-bond acceptors (Lipinski definition) is 7. The number of esters is 1. The summed E-state index contributed by atoms with van der Waals surface area (Å²) in [7, 11) is 2.97. The monoisotopic (exact) mass is 400 g/mol. The Kier molecular flexibility index (Phi) is 5.79. The normalized spacial score (nSPS) is 10.6. The largest absolute Gasteiger partial charge is 0.497 e. The van der Waals surface area contributed by atoms with Crippen molar-refractivity contribution < 1.29 is 23.8 Å². The van der Waals surface area contributed by atoms with Crippen molar-refractivity contribution in [3.8, 4) is 16.6 Å². The summed E-state index contributed by atoms with van der Waals surface area (Å²) < 4.78 is 17.4. The lowest BCUT2D eigenvalue weighted by Crippen LogP contribution is -2.15. The predicted octanol–water partition coefficient (Wildman–Crippen LogP) is 3.61. The molecule has 0 aliphatic heterocycles. The molecule has 7 nitrogen and oxygen atoms in total. The van der Waals surface area contributed by atoms with Crippen molar-refractivity contribution in [1.82, 2.24) is 9.55 Å². The zero-order valence-electron chi connectivity index (χ0n) is 16.0. The fourth-order valence-electron chi connectivity index (χ4n) is 2.92. The van der Waals surface area contributed by atoms with Gasteiger partial charge in [0.05, 0.1) is 14.2 Å². The van der Waals surface area contributed by atoms with Crippen molar-refractivity contribution >= 4 is 23.1 Å². The molecule has 0 N–H and O–H groups in total. The molecule has 8 heteroatoms. The van der Waals surface area contributed by atoms with E-state index in [0.717, 1.165) is 16.5 Å². The van der Waals surface area contributed by atoms with E-state index in [1.165, 1.54) is 25.6 Å². The zero-order chi connectivity index (χ0) is 20.3. The van der Waals surface area contributed by atoms with Gasteiger partial charge in [-0.3, -0.25) is 9.36 Å². The number of nitrogens with zero attached hydrogens (tertiary/aromatic N) is 2. The molecule has 0 saturated carbocycles. The summed E-state index contributed by atoms with van der Waals surface area (Å²) >= 11 is 1.48. The molecule has 2 aromatic heterocycles. The highest BCUT2D eigenvalue weighted by Crippen LogP contribution is 2.26. The quantitative estimate of drug-likeness (QED) is 0.445. The smallest absolute Gasteiger partial charge is 0.342 e. The Morgan fingerprint density at radius 3 is 2.54 bits per heavy atom. The van der Waals surface area contributed by atoms with Crippen LogP contribution in [0.25, 0.3) is 5.13 Å². The molecule has 0 fully saturated rings. The van der Waals surface area contributed by atoms with Crippen LogP contribution in [0.5, 0.6) is 11.5 Å². The average molecular weight is 400 g/mol. The number of aromatic nitrogens is 2. The van der Waals surface area contributed by atoms with Gasteiger partial charge in [0.2, 0.25) is 5.78 Å². The van der Waals surface area contributed by atoms with Gasteiger partial charge in [0.15, 0.2) is 11.7 Å². The first-order valence-electron chi connectivity index (χ1n) is 8.47. The summed E-state index contributed by atoms with van der Waals surface area (Å²) in [5, 5.41) is 2.66. The van der Waals surface area contributed by atoms with Crippen LogP contribution >= 0.6 is 11.3 Å². The van der Waals surface area contributed by atoms with Gasteiger partial charge in [-0.25, -0.2) is 9.78 Å². The van der Waals surface area contributed by atoms with Crippen LogP contribution in [0.4, 0.5) is 0 Å². The van der Waals surface area contributed by atoms with Crippen LogP contribution in [0, 0.1) is 13.8 Å². The molecule has 146 valence electrons. The van der Waals surface area contributed by atoms with Crippen LogP contribution in [0.2, 0.25) is 0 Å². The highest BCUT2D eigenvalue weighted by molar-refractivity contribution is 7.12. The summed E-state index contributed by atoms with van der Waals surface area (Å²) in [6.07, 6.45) is 1.71. The number of rotatable bonds is 7. The Bertz CT molecular complexity index is 1010. The number of benzene rings is 1. The molecule has 0 saturated heterocycles. The first-order valence-corrected chi connectivity index (χ1v) is 9.35. The number of methoxy groups -OCH3 is 2. The second-order valence-corrected chi connectivity index (χ2v) is 6.87. The standard InChI is InChI=1S/C20H20N2O5S/c1-12-9-16(13(2)22(12)20-21-7-8-28-20)17(23)11-27-19(24)15-6-5-14(25-3)10-18(15)26-4/h5-10H,11H2,1-4H3. The minimum Gasteiger partial charge on any atom is -0.497 e. The summed E-state index contributed by atoms with van der Waals surface area (Å²) in [5.41, 5.74) is 2.38. The van der Waals surface area contributed by atoms with E-state index >= 15 is 0 Å². The molecule has 2 heterocycles. The Morgan fingerprint density at radius 2 is 1.89 bits per heavy atom. The lowest BCUT2D eigenvalue weighted by Gasteiger charge is -2.10. The second kappa shape index (κ2) is 8.26. The zero-order valence-corrected chi connectivity index (χ0v) is 16.8. The van der Waals surface area contributed by atoms with Gasteiger partial charge in [0, 0.05) is 34.6 Å². The van der Waals surface area contributed by atoms with Crippen LogP contribution in [0.3, 0.4) is 0 Å². The number of carbonyl (C=O) groups excluding carboxylic acids is 2. The lowest BCUT2D eigenvalue weighted by molar-refractivity contribution is 0.0471. The van der Waals surface area contributed by atoms with Gasteiger partial charge < -0.3 is 14.2 Å². The van der Waals surface area contributed by atoms with Gasteiger partial charge in [-0.1, -0.05) is 0 Å². The number of aryl methyl sites for hydroxylation is 1. The fraction of sp³-hybridized carbons (Fsp3) is 0.250. The summed E-state index contributed by atoms with van der Waals surface area (Å²) in [6.45, 7) is 3.38. The summed E-state index contributed by atoms with van der Waals surface area (Å²) in [4.78, 5) is 29.3. The van der Waals surface area contributed by atoms with E-state index in [4.69, 9.17) is 14.2 Å². The number of thiazole rings is 1. The molecule has 0 unspecified atom stereocenters. The van der Waals surface area contributed by atoms with Crippen molar-refractivity contribution in [1.29, 1.82) is 0 Å². The Hall–Kier alpha value is -3.13. The number of ketones is 1. The summed E-state index contributed by atoms with van der Waals surface area (Å²) in [6, 6.07) is 6.53. The number of carbonyl (C=O) groups is 2. The lowest BCUT2D eigenvalue weighted by atomic mass is 10.1. The van der Waals surface area contributed by atoms with Gasteiger partial charge in [0.25, 0.3) is 0 Å². The first-order chi connectivity index (χ1) is 13.5. The molecule has 3 rings (SSSR count). The van der Waals surface area contributed by atoms with Crippen LogP contribution in [-0.2, 0) is 4.74 Å². The molecule has 0 atom stereocenters. The van der Waals surface area contributed by atoms with E-state index in [1.54, 1.807) is 30.5 Å². The van der Waals surface area contributed by atoms with E-state index in [1.807, 2.05) is 23.8 Å². The van der Waals surface area contributed by atoms with Crippen molar-refractivity contribution in [2.24, 2.45) is 0 Å². The maximum Gasteiger partial charge on any atom is 0.342 e. The van der Waals surface area contributed by atoms with Gasteiger partial charge in [0.1, 0.15) is 17.1 Å². The minimum absolute atomic E-state index is 0.226. The molecule has 0 aliphatic rings. The third kappa shape index (κ3) is 3.77. The number of ether oxygens (including phenoxy) is 3. The molecule has 1 aromatic carbocycles. The number of Topliss-reactive ketones (excluding diaryl/α,β-unsaturated/α-hetero) is 1. The maximum absolute atomic E-state index is 12.6. The van der Waals surface area contributed by atoms with Gasteiger partial charge in [-0.2, -0.15) is 0 Å². The Morgan fingerprint density at radius 1 is 1.11 bits per heavy atom. The van der Waals surface area contributed by atoms with E-state index in [-0.39, 0.29) is 18.0 Å². The molecular formula is C20H20N2O5S. The molecule has 0 bridgehead atoms. The molecule has 0 aliphatic carbocycles. The van der Waals surface area contributed by atoms with Crippen molar-refractivity contribution in [2.45, 2.75) is 13.8 Å². The van der Waals surface area contributed by atoms with Crippen LogP contribution in [0.15, 0.2) is 35.8 Å². The number of hydrogen-bond donors (Lipinski definition) is 0. The topological polar surface area (TPSA) is 79.7 Å². The van der Waals surface area contributed by atoms with Crippen molar-refractivity contribution in [3.63, 3.8) is 0 Å². The van der Waals surface area contributed by atoms with Crippen LogP contribution in [-0.4, -0.2) is 42.1 Å². The third-order valence-electron chi connectivity index (χ3n) is 4.31. The van der Waals surface area contributed by atoms with Gasteiger partial charge in [-0.05, 0) is 32.0 Å². The third-order valence-corrected chi connectivity index (χ3v) is 5.06. The van der Waals surface area contributed by atoms with Crippen molar-refractivity contribution in [3.05, 3.63) is 58.4 Å². The van der Waals surface area contributed by atoms with Gasteiger partial charge >= 0.3 is 5.97 Å². The molecule has 0 spiro atoms. The molecule has 0 radical (unpaired) electrons. The fourth-order valence-corrected chi connectivity index (χ4v) is 3.67. The summed E-state index contributed by atoms with van der Waals surface area (Å²) in [5.74, 6) is -0.0452. The predicted molar refractivity (Wildman–Crippen MR) is 105 cm³/mol. The Balaban J connectivity index is 1.75. The minimum atomic E-state index is -0.637. The van der Waals surface area contributed by atoms with Gasteiger partial charge in [-0.15, -0.1) is 11.3 Å².